The van der Waals surface area contributed by atoms with Crippen LogP contribution in [0, 0.1) is 0 Å². The number of hydrogen-bond donors (Lipinski definition) is 5. The molecular weight excluding hydrogens is 412 g/mol. The predicted octanol–water partition coefficient (Wildman–Crippen LogP) is -1.55. The molecule has 0 aromatic carbocycles. The van der Waals surface area contributed by atoms with Crippen LogP contribution in [0.15, 0.2) is 9.52 Å². The maximum absolute atomic E-state index is 12.6. The van der Waals surface area contributed by atoms with E-state index in [1.807, 2.05) is 0 Å². The smallest absolute Gasteiger partial charge is 0.538 e. The highest BCUT2D eigenvalue weighted by atomic mass is 16.5. The number of amides is 2. The summed E-state index contributed by atoms with van der Waals surface area (Å²) < 4.78 is 5.22. The maximum atomic E-state index is 12.6. The predicted molar refractivity (Wildman–Crippen MR) is 108 cm³/mol. The molecule has 0 radical (unpaired) electrons. The molecule has 172 valence electrons. The number of aliphatic imine (C=N–C) groups is 1. The van der Waals surface area contributed by atoms with Gasteiger partial charge >= 0.3 is 18.0 Å². The van der Waals surface area contributed by atoms with Gasteiger partial charge in [-0.2, -0.15) is 4.98 Å². The summed E-state index contributed by atoms with van der Waals surface area (Å²) in [6.45, 7) is 0.715. The van der Waals surface area contributed by atoms with Crippen molar-refractivity contribution in [3.05, 3.63) is 11.7 Å². The van der Waals surface area contributed by atoms with Crippen molar-refractivity contribution in [2.75, 3.05) is 13.1 Å². The molecule has 1 aromatic heterocycles. The number of carbonyl (C=O) groups excluding carboxylic acids is 2. The van der Waals surface area contributed by atoms with Gasteiger partial charge in [0.2, 0.25) is 5.89 Å². The lowest BCUT2D eigenvalue weighted by molar-refractivity contribution is -0.141. The van der Waals surface area contributed by atoms with Crippen LogP contribution in [0.5, 0.6) is 0 Å². The Morgan fingerprint density at radius 1 is 1.35 bits per heavy atom. The van der Waals surface area contributed by atoms with Gasteiger partial charge in [-0.25, -0.2) is 4.79 Å². The van der Waals surface area contributed by atoms with Gasteiger partial charge in [-0.3, -0.25) is 9.79 Å². The zero-order valence-corrected chi connectivity index (χ0v) is 17.0. The van der Waals surface area contributed by atoms with Crippen molar-refractivity contribution >= 4 is 23.9 Å². The lowest BCUT2D eigenvalue weighted by Crippen LogP contribution is -2.47. The normalized spacial score (nSPS) is 17.7. The summed E-state index contributed by atoms with van der Waals surface area (Å²) in [4.78, 5) is 44.4. The van der Waals surface area contributed by atoms with E-state index in [0.717, 1.165) is 0 Å². The van der Waals surface area contributed by atoms with Gasteiger partial charge in [0.1, 0.15) is 6.04 Å². The largest absolute Gasteiger partial charge is 0.563 e. The number of carboxylic acid groups (broad SMARTS) is 1. The quantitative estimate of drug-likeness (QED) is 0.115. The number of aliphatic carboxylic acids is 1. The molecule has 0 bridgehead atoms. The number of guanidine groups is 1. The van der Waals surface area contributed by atoms with Crippen LogP contribution in [0.1, 0.15) is 62.3 Å². The molecule has 1 aliphatic heterocycles. The topological polar surface area (TPSA) is 239 Å². The Labute approximate surface area is 177 Å². The number of aromatic nitrogens is 2. The van der Waals surface area contributed by atoms with E-state index in [0.29, 0.717) is 38.8 Å². The highest BCUT2D eigenvalue weighted by Crippen LogP contribution is 2.23. The molecule has 2 amide bonds. The Balaban J connectivity index is 2.06. The second-order valence-corrected chi connectivity index (χ2v) is 7.20. The number of carboxylic acids is 1. The Kier molecular flexibility index (Phi) is 8.54. The first kappa shape index (κ1) is 23.9. The number of likely N-dealkylation sites (tertiary alicyclic amines) is 1. The molecule has 0 spiro atoms. The molecular formula is C17H29N8O6+. The fourth-order valence-corrected chi connectivity index (χ4v) is 3.23. The van der Waals surface area contributed by atoms with Crippen LogP contribution in [0.25, 0.3) is 0 Å². The van der Waals surface area contributed by atoms with Crippen molar-refractivity contribution in [2.24, 2.45) is 22.2 Å². The third-order valence-electron chi connectivity index (χ3n) is 4.82. The molecule has 1 saturated heterocycles. The van der Waals surface area contributed by atoms with E-state index >= 15 is 0 Å². The molecule has 0 saturated carbocycles. The summed E-state index contributed by atoms with van der Waals surface area (Å²) in [5.41, 5.74) is 16.6. The molecule has 2 rings (SSSR count). The van der Waals surface area contributed by atoms with Crippen molar-refractivity contribution in [1.82, 2.24) is 20.4 Å². The van der Waals surface area contributed by atoms with Crippen LogP contribution in [0.3, 0.4) is 0 Å². The van der Waals surface area contributed by atoms with Crippen molar-refractivity contribution in [2.45, 2.75) is 56.7 Å². The fourth-order valence-electron chi connectivity index (χ4n) is 3.23. The molecule has 3 atom stereocenters. The van der Waals surface area contributed by atoms with Gasteiger partial charge in [0.15, 0.2) is 17.8 Å². The third kappa shape index (κ3) is 7.09. The van der Waals surface area contributed by atoms with E-state index in [1.54, 1.807) is 0 Å². The standard InChI is InChI=1S/C17H28N8O6/c18-9(3-1-7-21-16(19)20)13-23-14(31-24-13)10(5-6-12(26)27)22-17(30)25-8-2-4-11(25)15(28)29/h9-11H,1-8,18H2,(H,22,30)(H,26,27)(H,28,29)(H4,19,20,21)/p+1/t9-,10-,11?/m0/s1. The second kappa shape index (κ2) is 11.1. The summed E-state index contributed by atoms with van der Waals surface area (Å²) in [6, 6.07) is -2.87. The minimum Gasteiger partial charge on any atom is -0.563 e. The summed E-state index contributed by atoms with van der Waals surface area (Å²) in [5, 5.41) is 22.8. The Bertz CT molecular complexity index is 808. The van der Waals surface area contributed by atoms with Crippen molar-refractivity contribution in [3.63, 3.8) is 0 Å². The lowest BCUT2D eigenvalue weighted by atomic mass is 10.1. The van der Waals surface area contributed by atoms with E-state index in [1.165, 1.54) is 4.90 Å². The van der Waals surface area contributed by atoms with E-state index in [2.05, 4.69) is 20.4 Å². The molecule has 2 heterocycles. The van der Waals surface area contributed by atoms with Gasteiger partial charge in [0.05, 0.1) is 6.04 Å². The minimum absolute atomic E-state index is 0.00420. The van der Waals surface area contributed by atoms with Gasteiger partial charge in [-0.05, 0) is 32.1 Å². The molecule has 14 nitrogen and oxygen atoms in total. The zero-order chi connectivity index (χ0) is 23.0. The zero-order valence-electron chi connectivity index (χ0n) is 17.0. The summed E-state index contributed by atoms with van der Waals surface area (Å²) >= 11 is 0. The molecule has 31 heavy (non-hydrogen) atoms. The molecule has 0 aliphatic carbocycles. The summed E-state index contributed by atoms with van der Waals surface area (Å²) in [5.74, 6) is -1.70. The molecule has 1 aromatic rings. The number of hydrogen-bond acceptors (Lipinski definition) is 8. The van der Waals surface area contributed by atoms with Gasteiger partial charge < -0.3 is 42.2 Å². The van der Waals surface area contributed by atoms with Crippen LogP contribution in [0.2, 0.25) is 0 Å². The molecule has 1 aliphatic rings. The number of nitrogens with one attached hydrogen (secondary N) is 1. The molecule has 1 unspecified atom stereocenters. The van der Waals surface area contributed by atoms with Crippen LogP contribution in [0.4, 0.5) is 4.79 Å². The van der Waals surface area contributed by atoms with Crippen LogP contribution >= 0.6 is 0 Å². The van der Waals surface area contributed by atoms with Gasteiger partial charge in [-0.15, -0.1) is 0 Å². The van der Waals surface area contributed by atoms with Crippen LogP contribution in [-0.2, 0) is 9.59 Å². The van der Waals surface area contributed by atoms with Crippen molar-refractivity contribution in [3.8, 4) is 0 Å². The van der Waals surface area contributed by atoms with E-state index in [4.69, 9.17) is 31.9 Å². The first-order chi connectivity index (χ1) is 14.7. The number of urea groups is 1. The maximum Gasteiger partial charge on any atom is 0.538 e. The second-order valence-electron chi connectivity index (χ2n) is 7.20. The summed E-state index contributed by atoms with van der Waals surface area (Å²) in [6.07, 6.45) is 1.81. The first-order valence-electron chi connectivity index (χ1n) is 9.88. The van der Waals surface area contributed by atoms with Gasteiger partial charge in [0, 0.05) is 24.3 Å². The minimum atomic E-state index is -1.06. The average Bonchev–Trinajstić information content (AvgIpc) is 3.37. The van der Waals surface area contributed by atoms with E-state index in [-0.39, 0.29) is 30.5 Å². The number of nitrogens with two attached hydrogens (primary N) is 3. The van der Waals surface area contributed by atoms with Crippen molar-refractivity contribution in [1.29, 1.82) is 0 Å². The highest BCUT2D eigenvalue weighted by molar-refractivity contribution is 5.83. The lowest BCUT2D eigenvalue weighted by Gasteiger charge is -2.22. The fraction of sp³-hybridized carbons (Fsp3) is 0.647. The monoisotopic (exact) mass is 441 g/mol. The Morgan fingerprint density at radius 2 is 2.10 bits per heavy atom. The number of nitrogens with zero attached hydrogens (tertiary/aromatic N) is 4. The van der Waals surface area contributed by atoms with Gasteiger partial charge in [0.25, 0.3) is 0 Å². The SMILES string of the molecule is NC(N)=NCCC[C@H](N)c1noc([C@H](CCC(=O)O)NC(=O)N2CCCC2C(=O)[OH2+])n1. The highest BCUT2D eigenvalue weighted by Gasteiger charge is 2.39. The van der Waals surface area contributed by atoms with E-state index < -0.39 is 36.1 Å². The summed E-state index contributed by atoms with van der Waals surface area (Å²) in [7, 11) is 0. The molecule has 1 fully saturated rings. The molecule has 14 heteroatoms. The van der Waals surface area contributed by atoms with Crippen LogP contribution in [-0.4, -0.2) is 68.3 Å². The number of rotatable bonds is 11. The third-order valence-corrected chi connectivity index (χ3v) is 4.82. The Morgan fingerprint density at radius 3 is 2.74 bits per heavy atom. The van der Waals surface area contributed by atoms with Gasteiger partial charge in [-0.1, -0.05) is 5.16 Å². The average molecular weight is 441 g/mol. The van der Waals surface area contributed by atoms with Crippen molar-refractivity contribution < 1.29 is 29.1 Å². The molecule has 10 N–H and O–H groups in total. The first-order valence-corrected chi connectivity index (χ1v) is 9.88. The number of carbonyl (C=O) groups is 3. The van der Waals surface area contributed by atoms with E-state index in [9.17, 15) is 14.4 Å². The Hall–Kier alpha value is -3.42. The van der Waals surface area contributed by atoms with Crippen LogP contribution < -0.4 is 22.5 Å².